The Hall–Kier alpha value is -2.39. The third-order valence-electron chi connectivity index (χ3n) is 2.38. The van der Waals surface area contributed by atoms with Crippen LogP contribution in [-0.4, -0.2) is 15.9 Å². The summed E-state index contributed by atoms with van der Waals surface area (Å²) in [5, 5.41) is 11.4. The van der Waals surface area contributed by atoms with Crippen LogP contribution in [0.1, 0.15) is 11.3 Å². The molecule has 1 aromatic carbocycles. The number of imidazole rings is 1. The molecule has 7 heteroatoms. The Balaban J connectivity index is 2.08. The average Bonchev–Trinajstić information content (AvgIpc) is 2.80. The number of aromatic amines is 1. The van der Waals surface area contributed by atoms with E-state index in [1.54, 1.807) is 0 Å². The largest absolute Gasteiger partial charge is 0.335 e. The van der Waals surface area contributed by atoms with Crippen molar-refractivity contribution in [2.24, 2.45) is 0 Å². The summed E-state index contributed by atoms with van der Waals surface area (Å²) in [5.74, 6) is -0.698. The van der Waals surface area contributed by atoms with Crippen LogP contribution in [0.25, 0.3) is 0 Å². The number of H-pyrrole nitrogens is 1. The Morgan fingerprint density at radius 3 is 3.05 bits per heavy atom. The Morgan fingerprint density at radius 2 is 2.37 bits per heavy atom. The number of hydrogen-bond donors (Lipinski definition) is 2. The van der Waals surface area contributed by atoms with Crippen molar-refractivity contribution < 1.29 is 9.18 Å². The molecule has 96 valence electrons. The molecule has 0 atom stereocenters. The van der Waals surface area contributed by atoms with E-state index in [1.165, 1.54) is 18.5 Å². The lowest BCUT2D eigenvalue weighted by Gasteiger charge is -2.05. The van der Waals surface area contributed by atoms with Crippen LogP contribution in [0.2, 0.25) is 5.02 Å². The van der Waals surface area contributed by atoms with Crippen LogP contribution in [0.5, 0.6) is 0 Å². The van der Waals surface area contributed by atoms with E-state index in [9.17, 15) is 9.18 Å². The Labute approximate surface area is 113 Å². The fraction of sp³-hybridized carbons (Fsp3) is 0.0833. The fourth-order valence-corrected chi connectivity index (χ4v) is 1.72. The highest BCUT2D eigenvalue weighted by molar-refractivity contribution is 6.31. The molecule has 0 fully saturated rings. The predicted octanol–water partition coefficient (Wildman–Crippen LogP) is 2.26. The summed E-state index contributed by atoms with van der Waals surface area (Å²) in [6.07, 6.45) is 1.27. The summed E-state index contributed by atoms with van der Waals surface area (Å²) in [6.45, 7) is 0. The van der Waals surface area contributed by atoms with Gasteiger partial charge in [0.1, 0.15) is 11.9 Å². The summed E-state index contributed by atoms with van der Waals surface area (Å²) in [7, 11) is 0. The number of amides is 1. The lowest BCUT2D eigenvalue weighted by molar-refractivity contribution is -0.115. The molecular formula is C12H8ClFN4O. The van der Waals surface area contributed by atoms with E-state index < -0.39 is 11.7 Å². The van der Waals surface area contributed by atoms with Gasteiger partial charge in [-0.1, -0.05) is 17.7 Å². The van der Waals surface area contributed by atoms with Crippen molar-refractivity contribution in [1.82, 2.24) is 9.97 Å². The molecule has 0 bridgehead atoms. The minimum atomic E-state index is -0.465. The number of rotatable bonds is 3. The van der Waals surface area contributed by atoms with E-state index in [-0.39, 0.29) is 23.0 Å². The van der Waals surface area contributed by atoms with Crippen molar-refractivity contribution in [2.75, 3.05) is 5.32 Å². The molecule has 2 N–H and O–H groups in total. The van der Waals surface area contributed by atoms with Gasteiger partial charge in [-0.2, -0.15) is 5.26 Å². The predicted molar refractivity (Wildman–Crippen MR) is 67.0 cm³/mol. The van der Waals surface area contributed by atoms with Gasteiger partial charge in [-0.05, 0) is 17.7 Å². The van der Waals surface area contributed by atoms with Crippen LogP contribution >= 0.6 is 11.6 Å². The molecule has 0 saturated carbocycles. The second-order valence-electron chi connectivity index (χ2n) is 3.70. The summed E-state index contributed by atoms with van der Waals surface area (Å²) in [4.78, 5) is 18.1. The van der Waals surface area contributed by atoms with E-state index in [0.29, 0.717) is 5.56 Å². The third kappa shape index (κ3) is 3.09. The van der Waals surface area contributed by atoms with Gasteiger partial charge in [-0.25, -0.2) is 9.37 Å². The fourth-order valence-electron chi connectivity index (χ4n) is 1.49. The molecule has 5 nitrogen and oxygen atoms in total. The zero-order valence-electron chi connectivity index (χ0n) is 9.58. The molecule has 0 aliphatic heterocycles. The topological polar surface area (TPSA) is 81.6 Å². The molecule has 1 amide bonds. The van der Waals surface area contributed by atoms with Crippen LogP contribution in [0.4, 0.5) is 10.2 Å². The Bertz CT molecular complexity index is 662. The van der Waals surface area contributed by atoms with Gasteiger partial charge in [-0.3, -0.25) is 4.79 Å². The zero-order chi connectivity index (χ0) is 13.8. The summed E-state index contributed by atoms with van der Waals surface area (Å²) in [6, 6.07) is 5.66. The number of aromatic nitrogens is 2. The normalized spacial score (nSPS) is 9.95. The monoisotopic (exact) mass is 278 g/mol. The van der Waals surface area contributed by atoms with Crippen molar-refractivity contribution >= 4 is 23.3 Å². The van der Waals surface area contributed by atoms with Gasteiger partial charge in [0.15, 0.2) is 11.5 Å². The number of nitrogens with one attached hydrogen (secondary N) is 2. The van der Waals surface area contributed by atoms with Crippen molar-refractivity contribution in [3.05, 3.63) is 46.6 Å². The van der Waals surface area contributed by atoms with E-state index >= 15 is 0 Å². The SMILES string of the molecule is N#Cc1[nH]cnc1NC(=O)Cc1ccc(F)cc1Cl. The highest BCUT2D eigenvalue weighted by Gasteiger charge is 2.11. The quantitative estimate of drug-likeness (QED) is 0.903. The molecule has 0 saturated heterocycles. The number of carbonyl (C=O) groups is 1. The number of halogens is 2. The number of nitrogens with zero attached hydrogens (tertiary/aromatic N) is 2. The van der Waals surface area contributed by atoms with E-state index in [4.69, 9.17) is 16.9 Å². The second kappa shape index (κ2) is 5.50. The van der Waals surface area contributed by atoms with Crippen LogP contribution in [0.3, 0.4) is 0 Å². The molecule has 0 spiro atoms. The molecule has 1 aromatic heterocycles. The number of benzene rings is 1. The van der Waals surface area contributed by atoms with Crippen LogP contribution in [-0.2, 0) is 11.2 Å². The minimum Gasteiger partial charge on any atom is -0.335 e. The molecule has 0 radical (unpaired) electrons. The molecular weight excluding hydrogens is 271 g/mol. The van der Waals surface area contributed by atoms with Crippen LogP contribution < -0.4 is 5.32 Å². The highest BCUT2D eigenvalue weighted by atomic mass is 35.5. The molecule has 0 unspecified atom stereocenters. The summed E-state index contributed by atoms with van der Waals surface area (Å²) >= 11 is 5.82. The summed E-state index contributed by atoms with van der Waals surface area (Å²) in [5.41, 5.74) is 0.660. The van der Waals surface area contributed by atoms with E-state index in [0.717, 1.165) is 6.07 Å². The smallest absolute Gasteiger partial charge is 0.230 e. The Kier molecular flexibility index (Phi) is 3.78. The van der Waals surface area contributed by atoms with Crippen molar-refractivity contribution in [3.8, 4) is 6.07 Å². The van der Waals surface area contributed by atoms with E-state index in [2.05, 4.69) is 15.3 Å². The highest BCUT2D eigenvalue weighted by Crippen LogP contribution is 2.18. The molecule has 1 heterocycles. The van der Waals surface area contributed by atoms with E-state index in [1.807, 2.05) is 6.07 Å². The lowest BCUT2D eigenvalue weighted by Crippen LogP contribution is -2.15. The average molecular weight is 279 g/mol. The Morgan fingerprint density at radius 1 is 1.58 bits per heavy atom. The second-order valence-corrected chi connectivity index (χ2v) is 4.11. The van der Waals surface area contributed by atoms with Gasteiger partial charge in [0.05, 0.1) is 12.7 Å². The first-order valence-corrected chi connectivity index (χ1v) is 5.65. The molecule has 2 rings (SSSR count). The van der Waals surface area contributed by atoms with Crippen molar-refractivity contribution in [1.29, 1.82) is 5.26 Å². The lowest BCUT2D eigenvalue weighted by atomic mass is 10.1. The summed E-state index contributed by atoms with van der Waals surface area (Å²) < 4.78 is 12.9. The molecule has 19 heavy (non-hydrogen) atoms. The van der Waals surface area contributed by atoms with Gasteiger partial charge in [0, 0.05) is 5.02 Å². The number of nitriles is 1. The maximum atomic E-state index is 12.9. The first kappa shape index (κ1) is 13.1. The number of carbonyl (C=O) groups excluding carboxylic acids is 1. The van der Waals surface area contributed by atoms with Crippen LogP contribution in [0.15, 0.2) is 24.5 Å². The zero-order valence-corrected chi connectivity index (χ0v) is 10.3. The van der Waals surface area contributed by atoms with Gasteiger partial charge >= 0.3 is 0 Å². The van der Waals surface area contributed by atoms with Gasteiger partial charge < -0.3 is 10.3 Å². The standard InChI is InChI=1S/C12H8ClFN4O/c13-9-4-8(14)2-1-7(9)3-11(19)18-12-10(5-15)16-6-17-12/h1-2,4,6H,3H2,(H,16,17)(H,18,19). The van der Waals surface area contributed by atoms with Crippen molar-refractivity contribution in [2.45, 2.75) is 6.42 Å². The minimum absolute atomic E-state index is 0.0309. The van der Waals surface area contributed by atoms with Crippen LogP contribution in [0, 0.1) is 17.1 Å². The van der Waals surface area contributed by atoms with Gasteiger partial charge in [0.2, 0.25) is 5.91 Å². The maximum absolute atomic E-state index is 12.9. The number of anilines is 1. The van der Waals surface area contributed by atoms with Gasteiger partial charge in [-0.15, -0.1) is 0 Å². The van der Waals surface area contributed by atoms with Crippen molar-refractivity contribution in [3.63, 3.8) is 0 Å². The first-order valence-electron chi connectivity index (χ1n) is 5.27. The molecule has 0 aliphatic carbocycles. The molecule has 2 aromatic rings. The number of hydrogen-bond acceptors (Lipinski definition) is 3. The maximum Gasteiger partial charge on any atom is 0.230 e. The molecule has 0 aliphatic rings. The third-order valence-corrected chi connectivity index (χ3v) is 2.73. The van der Waals surface area contributed by atoms with Gasteiger partial charge in [0.25, 0.3) is 0 Å². The first-order chi connectivity index (χ1) is 9.10.